The van der Waals surface area contributed by atoms with Crippen LogP contribution in [0.4, 0.5) is 13.2 Å². The zero-order valence-electron chi connectivity index (χ0n) is 19.2. The Morgan fingerprint density at radius 1 is 1.12 bits per heavy atom. The second-order valence-electron chi connectivity index (χ2n) is 8.38. The largest absolute Gasteiger partial charge is 0.433 e. The molecule has 2 atom stereocenters. The van der Waals surface area contributed by atoms with Crippen LogP contribution in [0.15, 0.2) is 60.3 Å². The minimum Gasteiger partial charge on any atom is -0.358 e. The third kappa shape index (κ3) is 6.54. The molecule has 1 aromatic heterocycles. The van der Waals surface area contributed by atoms with E-state index in [1.807, 2.05) is 32.1 Å². The first-order valence-corrected chi connectivity index (χ1v) is 11.1. The normalized spacial score (nSPS) is 15.6. The number of carbonyl (C=O) groups excluding carboxylic acids is 1. The van der Waals surface area contributed by atoms with Gasteiger partial charge in [0.25, 0.3) is 0 Å². The molecule has 0 radical (unpaired) electrons. The topological polar surface area (TPSA) is 54.0 Å². The molecule has 1 heterocycles. The molecule has 176 valence electrons. The average molecular weight is 458 g/mol. The number of rotatable bonds is 8. The van der Waals surface area contributed by atoms with Crippen molar-refractivity contribution in [3.8, 4) is 0 Å². The highest BCUT2D eigenvalue weighted by Crippen LogP contribution is 2.28. The number of halogens is 3. The fourth-order valence-electron chi connectivity index (χ4n) is 3.90. The van der Waals surface area contributed by atoms with Gasteiger partial charge in [0.1, 0.15) is 11.7 Å². The van der Waals surface area contributed by atoms with Crippen LogP contribution in [0.3, 0.4) is 0 Å². The Hall–Kier alpha value is -2.93. The maximum absolute atomic E-state index is 12.8. The molecular weight excluding hydrogens is 427 g/mol. The number of amides is 1. The van der Waals surface area contributed by atoms with Crippen LogP contribution in [0, 0.1) is 13.8 Å². The van der Waals surface area contributed by atoms with E-state index in [1.165, 1.54) is 17.8 Å². The van der Waals surface area contributed by atoms with E-state index in [0.717, 1.165) is 35.6 Å². The summed E-state index contributed by atoms with van der Waals surface area (Å²) in [5, 5.41) is 6.25. The van der Waals surface area contributed by atoms with Gasteiger partial charge in [-0.05, 0) is 73.4 Å². The van der Waals surface area contributed by atoms with Crippen molar-refractivity contribution in [2.24, 2.45) is 0 Å². The van der Waals surface area contributed by atoms with E-state index in [4.69, 9.17) is 0 Å². The molecule has 2 aromatic rings. The molecule has 1 amide bonds. The van der Waals surface area contributed by atoms with Gasteiger partial charge in [0.05, 0.1) is 0 Å². The first-order valence-electron chi connectivity index (χ1n) is 11.1. The number of allylic oxidation sites excluding steroid dienone is 2. The minimum atomic E-state index is -4.45. The number of aryl methyl sites for hydroxylation is 3. The van der Waals surface area contributed by atoms with Gasteiger partial charge in [-0.25, -0.2) is 0 Å². The second-order valence-corrected chi connectivity index (χ2v) is 8.38. The molecule has 0 spiro atoms. The lowest BCUT2D eigenvalue weighted by Crippen LogP contribution is -2.45. The highest BCUT2D eigenvalue weighted by atomic mass is 19.4. The SMILES string of the molecule is CNC(=O)[C@H](N[C@H](CCc1ccc(C(F)(F)F)nc1)c1ccc(C)c(C)c1)C1=CCCC=C1. The fraction of sp³-hybridized carbons (Fsp3) is 0.385. The summed E-state index contributed by atoms with van der Waals surface area (Å²) in [4.78, 5) is 16.3. The smallest absolute Gasteiger partial charge is 0.358 e. The van der Waals surface area contributed by atoms with E-state index < -0.39 is 17.9 Å². The number of benzene rings is 1. The van der Waals surface area contributed by atoms with Gasteiger partial charge in [-0.15, -0.1) is 0 Å². The third-order valence-electron chi connectivity index (χ3n) is 6.00. The van der Waals surface area contributed by atoms with Crippen LogP contribution in [0.2, 0.25) is 0 Å². The lowest BCUT2D eigenvalue weighted by atomic mass is 9.93. The van der Waals surface area contributed by atoms with Crippen molar-refractivity contribution in [1.29, 1.82) is 0 Å². The predicted octanol–water partition coefficient (Wildman–Crippen LogP) is 5.37. The summed E-state index contributed by atoms with van der Waals surface area (Å²) in [6, 6.07) is 7.97. The fourth-order valence-corrected chi connectivity index (χ4v) is 3.90. The van der Waals surface area contributed by atoms with Crippen molar-refractivity contribution in [3.63, 3.8) is 0 Å². The Labute approximate surface area is 193 Å². The molecule has 3 rings (SSSR count). The van der Waals surface area contributed by atoms with E-state index >= 15 is 0 Å². The summed E-state index contributed by atoms with van der Waals surface area (Å²) in [5.74, 6) is -0.127. The lowest BCUT2D eigenvalue weighted by molar-refractivity contribution is -0.141. The van der Waals surface area contributed by atoms with Crippen molar-refractivity contribution >= 4 is 5.91 Å². The molecule has 4 nitrogen and oxygen atoms in total. The van der Waals surface area contributed by atoms with E-state index in [-0.39, 0.29) is 11.9 Å². The molecule has 0 saturated heterocycles. The average Bonchev–Trinajstić information content (AvgIpc) is 2.81. The Bertz CT molecular complexity index is 1030. The molecule has 0 saturated carbocycles. The van der Waals surface area contributed by atoms with Crippen LogP contribution in [-0.4, -0.2) is 24.0 Å². The zero-order chi connectivity index (χ0) is 24.0. The highest BCUT2D eigenvalue weighted by Gasteiger charge is 2.32. The number of nitrogens with one attached hydrogen (secondary N) is 2. The minimum absolute atomic E-state index is 0.127. The van der Waals surface area contributed by atoms with Gasteiger partial charge in [-0.2, -0.15) is 13.2 Å². The summed E-state index contributed by atoms with van der Waals surface area (Å²) in [6.45, 7) is 4.08. The number of pyridine rings is 1. The summed E-state index contributed by atoms with van der Waals surface area (Å²) >= 11 is 0. The molecule has 1 aliphatic carbocycles. The van der Waals surface area contributed by atoms with Gasteiger partial charge in [-0.1, -0.05) is 42.5 Å². The monoisotopic (exact) mass is 457 g/mol. The highest BCUT2D eigenvalue weighted by molar-refractivity contribution is 5.85. The molecule has 2 N–H and O–H groups in total. The van der Waals surface area contributed by atoms with E-state index in [0.29, 0.717) is 18.4 Å². The van der Waals surface area contributed by atoms with Crippen molar-refractivity contribution in [2.75, 3.05) is 7.05 Å². The molecule has 0 bridgehead atoms. The number of aromatic nitrogens is 1. The van der Waals surface area contributed by atoms with Crippen molar-refractivity contribution in [2.45, 2.75) is 57.8 Å². The Morgan fingerprint density at radius 2 is 1.91 bits per heavy atom. The van der Waals surface area contributed by atoms with Crippen molar-refractivity contribution < 1.29 is 18.0 Å². The molecule has 7 heteroatoms. The quantitative estimate of drug-likeness (QED) is 0.560. The van der Waals surface area contributed by atoms with Gasteiger partial charge in [-0.3, -0.25) is 15.1 Å². The second kappa shape index (κ2) is 10.8. The van der Waals surface area contributed by atoms with Crippen LogP contribution in [0.1, 0.15) is 53.3 Å². The molecule has 33 heavy (non-hydrogen) atoms. The molecule has 1 aliphatic rings. The molecular formula is C26H30F3N3O. The number of hydrogen-bond donors (Lipinski definition) is 2. The van der Waals surface area contributed by atoms with Crippen LogP contribution in [0.25, 0.3) is 0 Å². The van der Waals surface area contributed by atoms with Gasteiger partial charge < -0.3 is 5.32 Å². The summed E-state index contributed by atoms with van der Waals surface area (Å²) in [5.41, 5.74) is 4.09. The summed E-state index contributed by atoms with van der Waals surface area (Å²) in [6.07, 6.45) is 5.89. The number of alkyl halides is 3. The van der Waals surface area contributed by atoms with Crippen LogP contribution < -0.4 is 10.6 Å². The Morgan fingerprint density at radius 3 is 2.48 bits per heavy atom. The van der Waals surface area contributed by atoms with Crippen molar-refractivity contribution in [1.82, 2.24) is 15.6 Å². The van der Waals surface area contributed by atoms with Crippen LogP contribution >= 0.6 is 0 Å². The van der Waals surface area contributed by atoms with Crippen LogP contribution in [0.5, 0.6) is 0 Å². The van der Waals surface area contributed by atoms with E-state index in [2.05, 4.69) is 33.8 Å². The maximum atomic E-state index is 12.8. The number of hydrogen-bond acceptors (Lipinski definition) is 3. The van der Waals surface area contributed by atoms with E-state index in [9.17, 15) is 18.0 Å². The van der Waals surface area contributed by atoms with Crippen LogP contribution in [-0.2, 0) is 17.4 Å². The third-order valence-corrected chi connectivity index (χ3v) is 6.00. The summed E-state index contributed by atoms with van der Waals surface area (Å²) in [7, 11) is 1.61. The Kier molecular flexibility index (Phi) is 8.08. The molecule has 0 unspecified atom stereocenters. The molecule has 0 fully saturated rings. The molecule has 1 aromatic carbocycles. The number of likely N-dealkylation sites (N-methyl/N-ethyl adjacent to an activating group) is 1. The molecule has 0 aliphatic heterocycles. The van der Waals surface area contributed by atoms with E-state index in [1.54, 1.807) is 7.05 Å². The van der Waals surface area contributed by atoms with Gasteiger partial charge in [0.2, 0.25) is 5.91 Å². The first kappa shape index (κ1) is 24.7. The van der Waals surface area contributed by atoms with Gasteiger partial charge in [0, 0.05) is 19.3 Å². The number of carbonyl (C=O) groups is 1. The van der Waals surface area contributed by atoms with Gasteiger partial charge >= 0.3 is 6.18 Å². The summed E-state index contributed by atoms with van der Waals surface area (Å²) < 4.78 is 38.5. The lowest BCUT2D eigenvalue weighted by Gasteiger charge is -2.27. The standard InChI is InChI=1S/C26H30F3N3O/c1-17-9-12-21(15-18(17)2)22(13-10-19-11-14-23(31-16-19)26(27,28)29)32-24(25(33)30-3)20-7-5-4-6-8-20/h5,7-9,11-12,14-16,22,24,32H,4,6,10,13H2,1-3H3,(H,30,33)/t22-,24-/m1/s1. The predicted molar refractivity (Wildman–Crippen MR) is 124 cm³/mol. The Balaban J connectivity index is 1.85. The zero-order valence-corrected chi connectivity index (χ0v) is 19.2. The maximum Gasteiger partial charge on any atom is 0.433 e. The first-order chi connectivity index (χ1) is 15.7. The van der Waals surface area contributed by atoms with Gasteiger partial charge in [0.15, 0.2) is 0 Å². The number of nitrogens with zero attached hydrogens (tertiary/aromatic N) is 1. The van der Waals surface area contributed by atoms with Crippen molar-refractivity contribution in [3.05, 3.63) is 88.3 Å².